The smallest absolute Gasteiger partial charge is 0.366 e. The van der Waals surface area contributed by atoms with Crippen LogP contribution < -0.4 is 5.32 Å². The lowest BCUT2D eigenvalue weighted by Gasteiger charge is -2.32. The molecule has 0 aromatic carbocycles. The maximum atomic E-state index is 13.8. The molecule has 0 aliphatic carbocycles. The van der Waals surface area contributed by atoms with Crippen LogP contribution in [0.3, 0.4) is 0 Å². The molecule has 2 N–H and O–H groups in total. The van der Waals surface area contributed by atoms with Gasteiger partial charge >= 0.3 is 6.18 Å². The van der Waals surface area contributed by atoms with E-state index in [0.29, 0.717) is 12.2 Å². The maximum absolute atomic E-state index is 13.8. The highest BCUT2D eigenvalue weighted by molar-refractivity contribution is 5.91. The van der Waals surface area contributed by atoms with Crippen LogP contribution >= 0.6 is 0 Å². The molecule has 1 fully saturated rings. The average Bonchev–Trinajstić information content (AvgIpc) is 3.02. The third-order valence-corrected chi connectivity index (χ3v) is 5.06. The van der Waals surface area contributed by atoms with Gasteiger partial charge in [-0.2, -0.15) is 18.3 Å². The zero-order chi connectivity index (χ0) is 21.3. The number of aromatic nitrogens is 3. The zero-order valence-corrected chi connectivity index (χ0v) is 17.1. The lowest BCUT2D eigenvalue weighted by atomic mass is 9.93. The van der Waals surface area contributed by atoms with E-state index in [1.807, 2.05) is 18.7 Å². The molecule has 29 heavy (non-hydrogen) atoms. The summed E-state index contributed by atoms with van der Waals surface area (Å²) in [6.07, 6.45) is -2.99. The standard InChI is InChI=1S/C19H27F3N6O/c1-11(2)23-17-16-13(19(20,21)22)8-14(24-18(16)26-25-17)12-6-5-7-28(9-12)10-15(29)27(3)4/h8,11-12H,5-7,9-10H2,1-4H3,(H2,23,24,25,26)/t12-/m1/s1. The molecule has 7 nitrogen and oxygen atoms in total. The Morgan fingerprint density at radius 2 is 2.14 bits per heavy atom. The monoisotopic (exact) mass is 412 g/mol. The van der Waals surface area contributed by atoms with Gasteiger partial charge in [0.1, 0.15) is 0 Å². The van der Waals surface area contributed by atoms with Crippen molar-refractivity contribution in [3.63, 3.8) is 0 Å². The molecule has 1 saturated heterocycles. The lowest BCUT2D eigenvalue weighted by molar-refractivity contribution is -0.136. The van der Waals surface area contributed by atoms with Crippen LogP contribution in [0.5, 0.6) is 0 Å². The molecule has 1 amide bonds. The Balaban J connectivity index is 1.94. The highest BCUT2D eigenvalue weighted by atomic mass is 19.4. The van der Waals surface area contributed by atoms with Gasteiger partial charge in [-0.15, -0.1) is 0 Å². The Hall–Kier alpha value is -2.36. The third-order valence-electron chi connectivity index (χ3n) is 5.06. The number of piperidine rings is 1. The van der Waals surface area contributed by atoms with Crippen LogP contribution in [-0.2, 0) is 11.0 Å². The summed E-state index contributed by atoms with van der Waals surface area (Å²) in [5.74, 6) is -0.0414. The topological polar surface area (TPSA) is 77.1 Å². The Morgan fingerprint density at radius 3 is 2.76 bits per heavy atom. The molecule has 3 rings (SSSR count). The SMILES string of the molecule is CC(C)Nc1n[nH]c2nc([C@@H]3CCCN(CC(=O)N(C)C)C3)cc(C(F)(F)F)c12. The molecule has 3 heterocycles. The second-order valence-electron chi connectivity index (χ2n) is 8.05. The number of nitrogens with zero attached hydrogens (tertiary/aromatic N) is 4. The molecule has 2 aromatic heterocycles. The van der Waals surface area contributed by atoms with Crippen molar-refractivity contribution in [2.75, 3.05) is 39.0 Å². The van der Waals surface area contributed by atoms with Gasteiger partial charge in [-0.1, -0.05) is 0 Å². The third kappa shape index (κ3) is 4.80. The molecule has 1 aliphatic rings. The summed E-state index contributed by atoms with van der Waals surface area (Å²) in [5.41, 5.74) is -0.234. The Labute approximate surface area is 167 Å². The van der Waals surface area contributed by atoms with E-state index in [1.54, 1.807) is 14.1 Å². The number of likely N-dealkylation sites (tertiary alicyclic amines) is 1. The van der Waals surface area contributed by atoms with Gasteiger partial charge in [-0.3, -0.25) is 14.8 Å². The van der Waals surface area contributed by atoms with Crippen molar-refractivity contribution in [1.29, 1.82) is 0 Å². The van der Waals surface area contributed by atoms with E-state index >= 15 is 0 Å². The Kier molecular flexibility index (Phi) is 6.02. The van der Waals surface area contributed by atoms with E-state index in [2.05, 4.69) is 20.5 Å². The van der Waals surface area contributed by atoms with Crippen LogP contribution in [0.4, 0.5) is 19.0 Å². The number of hydrogen-bond donors (Lipinski definition) is 2. The highest BCUT2D eigenvalue weighted by Crippen LogP contribution is 2.39. The minimum atomic E-state index is -4.53. The first kappa shape index (κ1) is 21.4. The van der Waals surface area contributed by atoms with Crippen molar-refractivity contribution in [1.82, 2.24) is 25.0 Å². The number of rotatable bonds is 5. The fourth-order valence-corrected chi connectivity index (χ4v) is 3.63. The minimum absolute atomic E-state index is 0.0250. The summed E-state index contributed by atoms with van der Waals surface area (Å²) >= 11 is 0. The van der Waals surface area contributed by atoms with Crippen LogP contribution in [0, 0.1) is 0 Å². The van der Waals surface area contributed by atoms with Gasteiger partial charge in [0.25, 0.3) is 0 Å². The Morgan fingerprint density at radius 1 is 1.41 bits per heavy atom. The number of carbonyl (C=O) groups is 1. The van der Waals surface area contributed by atoms with E-state index in [0.717, 1.165) is 25.5 Å². The van der Waals surface area contributed by atoms with E-state index < -0.39 is 11.7 Å². The summed E-state index contributed by atoms with van der Waals surface area (Å²) in [6.45, 7) is 5.17. The first-order chi connectivity index (χ1) is 13.6. The molecular weight excluding hydrogens is 385 g/mol. The number of halogens is 3. The van der Waals surface area contributed by atoms with E-state index in [1.165, 1.54) is 4.90 Å². The summed E-state index contributed by atoms with van der Waals surface area (Å²) in [6, 6.07) is 1.08. The van der Waals surface area contributed by atoms with Crippen molar-refractivity contribution in [2.24, 2.45) is 0 Å². The Bertz CT molecular complexity index is 877. The molecule has 0 unspecified atom stereocenters. The molecule has 0 saturated carbocycles. The van der Waals surface area contributed by atoms with Crippen LogP contribution in [-0.4, -0.2) is 70.7 Å². The fraction of sp³-hybridized carbons (Fsp3) is 0.632. The van der Waals surface area contributed by atoms with Gasteiger partial charge in [-0.25, -0.2) is 4.98 Å². The predicted molar refractivity (Wildman–Crippen MR) is 105 cm³/mol. The lowest BCUT2D eigenvalue weighted by Crippen LogP contribution is -2.41. The summed E-state index contributed by atoms with van der Waals surface area (Å²) in [5, 5.41) is 9.57. The van der Waals surface area contributed by atoms with Crippen LogP contribution in [0.25, 0.3) is 11.0 Å². The van der Waals surface area contributed by atoms with Gasteiger partial charge < -0.3 is 10.2 Å². The molecule has 1 atom stereocenters. The van der Waals surface area contributed by atoms with Gasteiger partial charge in [0.15, 0.2) is 11.5 Å². The largest absolute Gasteiger partial charge is 0.417 e. The highest BCUT2D eigenvalue weighted by Gasteiger charge is 2.37. The molecule has 0 radical (unpaired) electrons. The number of nitrogens with one attached hydrogen (secondary N) is 2. The number of fused-ring (bicyclic) bond motifs is 1. The maximum Gasteiger partial charge on any atom is 0.417 e. The summed E-state index contributed by atoms with van der Waals surface area (Å²) in [7, 11) is 3.38. The minimum Gasteiger partial charge on any atom is -0.366 e. The molecular formula is C19H27F3N6O. The average molecular weight is 412 g/mol. The van der Waals surface area contributed by atoms with Crippen molar-refractivity contribution in [3.8, 4) is 0 Å². The summed E-state index contributed by atoms with van der Waals surface area (Å²) in [4.78, 5) is 20.0. The van der Waals surface area contributed by atoms with Crippen molar-refractivity contribution < 1.29 is 18.0 Å². The molecule has 0 bridgehead atoms. The van der Waals surface area contributed by atoms with E-state index in [-0.39, 0.29) is 41.3 Å². The van der Waals surface area contributed by atoms with Gasteiger partial charge in [0, 0.05) is 38.3 Å². The van der Waals surface area contributed by atoms with Gasteiger partial charge in [0.2, 0.25) is 5.91 Å². The predicted octanol–water partition coefficient (Wildman–Crippen LogP) is 3.06. The van der Waals surface area contributed by atoms with Crippen molar-refractivity contribution >= 4 is 22.8 Å². The van der Waals surface area contributed by atoms with Gasteiger partial charge in [0.05, 0.1) is 17.5 Å². The number of pyridine rings is 1. The fourth-order valence-electron chi connectivity index (χ4n) is 3.63. The van der Waals surface area contributed by atoms with Crippen LogP contribution in [0.15, 0.2) is 6.07 Å². The molecule has 10 heteroatoms. The summed E-state index contributed by atoms with van der Waals surface area (Å²) < 4.78 is 41.5. The van der Waals surface area contributed by atoms with Crippen LogP contribution in [0.2, 0.25) is 0 Å². The number of hydrogen-bond acceptors (Lipinski definition) is 5. The van der Waals surface area contributed by atoms with Crippen molar-refractivity contribution in [3.05, 3.63) is 17.3 Å². The number of anilines is 1. The molecule has 160 valence electrons. The second-order valence-corrected chi connectivity index (χ2v) is 8.05. The van der Waals surface area contributed by atoms with Gasteiger partial charge in [-0.05, 0) is 39.3 Å². The normalized spacial score (nSPS) is 18.4. The number of likely N-dealkylation sites (N-methyl/N-ethyl adjacent to an activating group) is 1. The van der Waals surface area contributed by atoms with Crippen molar-refractivity contribution in [2.45, 2.75) is 44.8 Å². The second kappa shape index (κ2) is 8.17. The number of H-pyrrole nitrogens is 1. The number of alkyl halides is 3. The molecule has 0 spiro atoms. The van der Waals surface area contributed by atoms with E-state index in [9.17, 15) is 18.0 Å². The zero-order valence-electron chi connectivity index (χ0n) is 17.1. The van der Waals surface area contributed by atoms with Crippen LogP contribution in [0.1, 0.15) is 43.9 Å². The first-order valence-corrected chi connectivity index (χ1v) is 9.71. The molecule has 1 aliphatic heterocycles. The number of carbonyl (C=O) groups excluding carboxylic acids is 1. The first-order valence-electron chi connectivity index (χ1n) is 9.71. The van der Waals surface area contributed by atoms with E-state index in [4.69, 9.17) is 0 Å². The number of amides is 1. The number of aromatic amines is 1. The molecule has 2 aromatic rings. The quantitative estimate of drug-likeness (QED) is 0.789.